The van der Waals surface area contributed by atoms with Gasteiger partial charge < -0.3 is 14.2 Å². The van der Waals surface area contributed by atoms with Crippen molar-refractivity contribution in [2.24, 2.45) is 5.92 Å². The summed E-state index contributed by atoms with van der Waals surface area (Å²) in [6, 6.07) is 15.2. The number of esters is 2. The lowest BCUT2D eigenvalue weighted by Crippen LogP contribution is -2.13. The average Bonchev–Trinajstić information content (AvgIpc) is 2.95. The van der Waals surface area contributed by atoms with Crippen LogP contribution in [0.25, 0.3) is 0 Å². The molecular weight excluding hydrogens is 488 g/mol. The maximum absolute atomic E-state index is 12.6. The fourth-order valence-corrected chi connectivity index (χ4v) is 5.16. The number of carbonyl (C=O) groups is 2. The molecule has 0 unspecified atom stereocenters. The van der Waals surface area contributed by atoms with Gasteiger partial charge in [0.1, 0.15) is 11.5 Å². The first kappa shape index (κ1) is 30.5. The van der Waals surface area contributed by atoms with E-state index < -0.39 is 0 Å². The molecule has 5 heteroatoms. The van der Waals surface area contributed by atoms with Gasteiger partial charge in [0.15, 0.2) is 0 Å². The van der Waals surface area contributed by atoms with Gasteiger partial charge in [0.2, 0.25) is 0 Å². The summed E-state index contributed by atoms with van der Waals surface area (Å²) in [5.74, 6) is 2.13. The van der Waals surface area contributed by atoms with Crippen LogP contribution in [0.15, 0.2) is 60.7 Å². The monoisotopic (exact) mass is 534 g/mol. The molecule has 0 heterocycles. The molecule has 2 aromatic rings. The quantitative estimate of drug-likeness (QED) is 0.0932. The zero-order valence-electron chi connectivity index (χ0n) is 23.9. The van der Waals surface area contributed by atoms with Crippen LogP contribution in [0.5, 0.6) is 11.5 Å². The minimum atomic E-state index is -0.366. The Labute approximate surface area is 234 Å². The predicted molar refractivity (Wildman–Crippen MR) is 156 cm³/mol. The zero-order valence-corrected chi connectivity index (χ0v) is 23.9. The molecule has 39 heavy (non-hydrogen) atoms. The first-order chi connectivity index (χ1) is 19.0. The van der Waals surface area contributed by atoms with Gasteiger partial charge in [0.25, 0.3) is 0 Å². The van der Waals surface area contributed by atoms with Crippen molar-refractivity contribution in [1.29, 1.82) is 0 Å². The maximum Gasteiger partial charge on any atom is 0.343 e. The van der Waals surface area contributed by atoms with Gasteiger partial charge in [0.05, 0.1) is 18.8 Å². The molecule has 2 aromatic carbocycles. The zero-order chi connectivity index (χ0) is 27.9. The molecule has 0 spiro atoms. The topological polar surface area (TPSA) is 61.8 Å². The van der Waals surface area contributed by atoms with Gasteiger partial charge in [-0.3, -0.25) is 0 Å². The highest BCUT2D eigenvalue weighted by Crippen LogP contribution is 2.38. The Balaban J connectivity index is 1.32. The van der Waals surface area contributed by atoms with Gasteiger partial charge in [-0.15, -0.1) is 0 Å². The van der Waals surface area contributed by atoms with Gasteiger partial charge in [-0.1, -0.05) is 51.3 Å². The van der Waals surface area contributed by atoms with Crippen molar-refractivity contribution < 1.29 is 23.8 Å². The lowest BCUT2D eigenvalue weighted by atomic mass is 9.77. The number of rotatable bonds is 16. The Morgan fingerprint density at radius 2 is 1.44 bits per heavy atom. The summed E-state index contributed by atoms with van der Waals surface area (Å²) in [6.07, 6.45) is 14.3. The van der Waals surface area contributed by atoms with Crippen LogP contribution in [0.4, 0.5) is 0 Å². The number of ether oxygens (including phenoxy) is 3. The molecule has 0 bridgehead atoms. The first-order valence-corrected chi connectivity index (χ1v) is 14.8. The molecule has 212 valence electrons. The van der Waals surface area contributed by atoms with Crippen LogP contribution in [-0.4, -0.2) is 25.2 Å². The number of hydrogen-bond acceptors (Lipinski definition) is 5. The largest absolute Gasteiger partial charge is 0.494 e. The van der Waals surface area contributed by atoms with Crippen molar-refractivity contribution in [2.45, 2.75) is 96.8 Å². The van der Waals surface area contributed by atoms with E-state index >= 15 is 0 Å². The molecule has 0 N–H and O–H groups in total. The number of unbranched alkanes of at least 4 members (excludes halogenated alkanes) is 5. The Morgan fingerprint density at radius 1 is 0.795 bits per heavy atom. The molecule has 0 amide bonds. The standard InChI is InChI=1S/C34H46O5/c1-4-5-8-11-27-12-14-28(15-13-27)29-16-22-32(23-17-29)39-34(36)30-18-20-31(21-19-30)37-24-9-6-7-10-25-38-33(35)26(2)3/h16-23,27-28H,2,4-15,24-25H2,1,3H3. The SMILES string of the molecule is C=C(C)C(=O)OCCCCCCOc1ccc(C(=O)Oc2ccc(C3CCC(CCCCC)CC3)cc2)cc1. The van der Waals surface area contributed by atoms with E-state index in [1.165, 1.54) is 56.9 Å². The molecule has 0 saturated heterocycles. The molecule has 0 aromatic heterocycles. The van der Waals surface area contributed by atoms with E-state index in [1.54, 1.807) is 31.2 Å². The summed E-state index contributed by atoms with van der Waals surface area (Å²) in [6.45, 7) is 8.51. The Morgan fingerprint density at radius 3 is 2.08 bits per heavy atom. The van der Waals surface area contributed by atoms with E-state index in [4.69, 9.17) is 14.2 Å². The van der Waals surface area contributed by atoms with Gasteiger partial charge in [-0.05, 0) is 112 Å². The second kappa shape index (κ2) is 16.8. The van der Waals surface area contributed by atoms with Crippen LogP contribution < -0.4 is 9.47 Å². The van der Waals surface area contributed by atoms with Crippen molar-refractivity contribution in [2.75, 3.05) is 13.2 Å². The molecular formula is C34H46O5. The van der Waals surface area contributed by atoms with E-state index in [2.05, 4.69) is 25.6 Å². The highest BCUT2D eigenvalue weighted by Gasteiger charge is 2.22. The Hall–Kier alpha value is -3.08. The van der Waals surface area contributed by atoms with E-state index in [1.807, 2.05) is 12.1 Å². The van der Waals surface area contributed by atoms with Gasteiger partial charge >= 0.3 is 11.9 Å². The Bertz CT molecular complexity index is 1020. The van der Waals surface area contributed by atoms with Crippen molar-refractivity contribution in [3.8, 4) is 11.5 Å². The van der Waals surface area contributed by atoms with Crippen molar-refractivity contribution in [1.82, 2.24) is 0 Å². The molecule has 0 atom stereocenters. The third-order valence-corrected chi connectivity index (χ3v) is 7.60. The molecule has 1 saturated carbocycles. The van der Waals surface area contributed by atoms with E-state index in [-0.39, 0.29) is 11.9 Å². The minimum absolute atomic E-state index is 0.329. The van der Waals surface area contributed by atoms with Crippen LogP contribution in [0.2, 0.25) is 0 Å². The van der Waals surface area contributed by atoms with Crippen LogP contribution >= 0.6 is 0 Å². The second-order valence-corrected chi connectivity index (χ2v) is 10.9. The predicted octanol–water partition coefficient (Wildman–Crippen LogP) is 8.82. The number of hydrogen-bond donors (Lipinski definition) is 0. The Kier molecular flexibility index (Phi) is 13.1. The van der Waals surface area contributed by atoms with Gasteiger partial charge in [-0.2, -0.15) is 0 Å². The van der Waals surface area contributed by atoms with E-state index in [9.17, 15) is 9.59 Å². The molecule has 5 nitrogen and oxygen atoms in total. The average molecular weight is 535 g/mol. The molecule has 3 rings (SSSR count). The molecule has 0 aliphatic heterocycles. The van der Waals surface area contributed by atoms with Gasteiger partial charge in [-0.25, -0.2) is 9.59 Å². The fraction of sp³-hybridized carbons (Fsp3) is 0.529. The summed E-state index contributed by atoms with van der Waals surface area (Å²) >= 11 is 0. The first-order valence-electron chi connectivity index (χ1n) is 14.8. The lowest BCUT2D eigenvalue weighted by Gasteiger charge is -2.29. The van der Waals surface area contributed by atoms with Crippen LogP contribution in [-0.2, 0) is 9.53 Å². The van der Waals surface area contributed by atoms with Crippen LogP contribution in [0, 0.1) is 5.92 Å². The third-order valence-electron chi connectivity index (χ3n) is 7.60. The third kappa shape index (κ3) is 10.9. The normalized spacial score (nSPS) is 16.9. The van der Waals surface area contributed by atoms with Crippen LogP contribution in [0.1, 0.15) is 113 Å². The van der Waals surface area contributed by atoms with E-state index in [0.717, 1.165) is 37.4 Å². The second-order valence-electron chi connectivity index (χ2n) is 10.9. The van der Waals surface area contributed by atoms with E-state index in [0.29, 0.717) is 36.0 Å². The van der Waals surface area contributed by atoms with Gasteiger partial charge in [0, 0.05) is 5.57 Å². The molecule has 0 radical (unpaired) electrons. The van der Waals surface area contributed by atoms with Crippen molar-refractivity contribution in [3.05, 3.63) is 71.8 Å². The summed E-state index contributed by atoms with van der Waals surface area (Å²) < 4.78 is 16.5. The number of benzene rings is 2. The summed E-state index contributed by atoms with van der Waals surface area (Å²) in [5.41, 5.74) is 2.28. The number of carbonyl (C=O) groups excluding carboxylic acids is 2. The molecule has 1 fully saturated rings. The van der Waals surface area contributed by atoms with Crippen molar-refractivity contribution in [3.63, 3.8) is 0 Å². The molecule has 1 aliphatic rings. The highest BCUT2D eigenvalue weighted by molar-refractivity contribution is 5.91. The molecule has 1 aliphatic carbocycles. The highest BCUT2D eigenvalue weighted by atomic mass is 16.5. The minimum Gasteiger partial charge on any atom is -0.494 e. The lowest BCUT2D eigenvalue weighted by molar-refractivity contribution is -0.139. The summed E-state index contributed by atoms with van der Waals surface area (Å²) in [4.78, 5) is 23.9. The van der Waals surface area contributed by atoms with Crippen molar-refractivity contribution >= 4 is 11.9 Å². The summed E-state index contributed by atoms with van der Waals surface area (Å²) in [5, 5.41) is 0. The smallest absolute Gasteiger partial charge is 0.343 e. The fourth-order valence-electron chi connectivity index (χ4n) is 5.16. The maximum atomic E-state index is 12.6. The van der Waals surface area contributed by atoms with Crippen LogP contribution in [0.3, 0.4) is 0 Å². The summed E-state index contributed by atoms with van der Waals surface area (Å²) in [7, 11) is 0.